The zero-order valence-electron chi connectivity index (χ0n) is 6.24. The number of nitrogens with one attached hydrogen (secondary N) is 1. The number of hydrogen-bond acceptors (Lipinski definition) is 1. The lowest BCUT2D eigenvalue weighted by Crippen LogP contribution is -2.23. The third-order valence-electron chi connectivity index (χ3n) is 1.15. The number of hydrogen-bond donors (Lipinski definition) is 1. The Hall–Kier alpha value is -0.313. The highest BCUT2D eigenvalue weighted by Gasteiger charge is 1.89. The molecule has 0 fully saturated rings. The Kier molecular flexibility index (Phi) is 5.61. The van der Waals surface area contributed by atoms with Crippen molar-refractivity contribution in [1.82, 2.24) is 4.98 Å². The fourth-order valence-electron chi connectivity index (χ4n) is 0.639. The average molecular weight is 145 g/mol. The lowest BCUT2D eigenvalue weighted by Gasteiger charge is -1.97. The second-order valence-electron chi connectivity index (χ2n) is 2.19. The average Bonchev–Trinajstić information content (AvgIpc) is 1.80. The molecule has 0 atom stereocenters. The molecule has 0 aromatic heterocycles. The summed E-state index contributed by atoms with van der Waals surface area (Å²) >= 11 is 0. The largest absolute Gasteiger partial charge is 0.388 e. The highest BCUT2D eigenvalue weighted by atomic mass is 28.2. The van der Waals surface area contributed by atoms with Crippen molar-refractivity contribution < 1.29 is 4.79 Å². The van der Waals surface area contributed by atoms with E-state index < -0.39 is 0 Å². The molecule has 0 saturated heterocycles. The minimum absolute atomic E-state index is 0.137. The van der Waals surface area contributed by atoms with Crippen LogP contribution in [0, 0.1) is 0 Å². The van der Waals surface area contributed by atoms with Crippen LogP contribution in [0.25, 0.3) is 0 Å². The maximum atomic E-state index is 10.3. The Morgan fingerprint density at radius 2 is 2.33 bits per heavy atom. The van der Waals surface area contributed by atoms with Gasteiger partial charge >= 0.3 is 0 Å². The summed E-state index contributed by atoms with van der Waals surface area (Å²) in [6.07, 6.45) is 2.51. The first-order chi connectivity index (χ1) is 4.27. The van der Waals surface area contributed by atoms with E-state index in [4.69, 9.17) is 0 Å². The van der Waals surface area contributed by atoms with Gasteiger partial charge in [0.25, 0.3) is 0 Å². The summed E-state index contributed by atoms with van der Waals surface area (Å²) in [6, 6.07) is 1.25. The molecule has 1 amide bonds. The Bertz CT molecular complexity index is 85.1. The number of unbranched alkanes of at least 4 members (excludes halogenated alkanes) is 1. The molecule has 0 aliphatic rings. The third kappa shape index (κ3) is 7.69. The van der Waals surface area contributed by atoms with E-state index in [1.807, 2.05) is 0 Å². The van der Waals surface area contributed by atoms with Crippen LogP contribution in [0.1, 0.15) is 26.7 Å². The van der Waals surface area contributed by atoms with Gasteiger partial charge in [-0.3, -0.25) is 4.79 Å². The monoisotopic (exact) mass is 145 g/mol. The lowest BCUT2D eigenvalue weighted by molar-refractivity contribution is -0.117. The van der Waals surface area contributed by atoms with Gasteiger partial charge in [-0.15, -0.1) is 0 Å². The van der Waals surface area contributed by atoms with Gasteiger partial charge in [0.1, 0.15) is 9.68 Å². The minimum Gasteiger partial charge on any atom is -0.388 e. The van der Waals surface area contributed by atoms with Gasteiger partial charge in [-0.05, 0) is 6.04 Å². The summed E-state index contributed by atoms with van der Waals surface area (Å²) in [7, 11) is -0.247. The highest BCUT2D eigenvalue weighted by Crippen LogP contribution is 1.90. The highest BCUT2D eigenvalue weighted by molar-refractivity contribution is 6.36. The molecule has 0 rings (SSSR count). The molecule has 9 heavy (non-hydrogen) atoms. The predicted octanol–water partition coefficient (Wildman–Crippen LogP) is 0.425. The number of rotatable bonds is 4. The van der Waals surface area contributed by atoms with Crippen LogP contribution in [0.4, 0.5) is 0 Å². The van der Waals surface area contributed by atoms with E-state index in [0.717, 1.165) is 0 Å². The summed E-state index contributed by atoms with van der Waals surface area (Å²) in [5, 5.41) is 0. The molecule has 0 radical (unpaired) electrons. The summed E-state index contributed by atoms with van der Waals surface area (Å²) in [6.45, 7) is 3.75. The van der Waals surface area contributed by atoms with Crippen molar-refractivity contribution in [2.45, 2.75) is 32.7 Å². The smallest absolute Gasteiger partial charge is 0.208 e. The van der Waals surface area contributed by atoms with Gasteiger partial charge in [-0.1, -0.05) is 19.8 Å². The van der Waals surface area contributed by atoms with Crippen LogP contribution in [0.2, 0.25) is 6.04 Å². The van der Waals surface area contributed by atoms with Gasteiger partial charge < -0.3 is 4.98 Å². The van der Waals surface area contributed by atoms with Crippen LogP contribution < -0.4 is 4.98 Å². The van der Waals surface area contributed by atoms with Gasteiger partial charge in [0.05, 0.1) is 0 Å². The Morgan fingerprint density at radius 3 is 2.78 bits per heavy atom. The summed E-state index contributed by atoms with van der Waals surface area (Å²) in [4.78, 5) is 13.2. The number of amides is 1. The van der Waals surface area contributed by atoms with Crippen LogP contribution in [0.5, 0.6) is 0 Å². The zero-order valence-corrected chi connectivity index (χ0v) is 7.65. The molecule has 0 spiro atoms. The van der Waals surface area contributed by atoms with Crippen molar-refractivity contribution in [3.63, 3.8) is 0 Å². The van der Waals surface area contributed by atoms with Crippen LogP contribution >= 0.6 is 0 Å². The maximum Gasteiger partial charge on any atom is 0.208 e. The zero-order chi connectivity index (χ0) is 7.11. The van der Waals surface area contributed by atoms with E-state index >= 15 is 0 Å². The van der Waals surface area contributed by atoms with Gasteiger partial charge in [0.2, 0.25) is 5.91 Å². The fraction of sp³-hybridized carbons (Fsp3) is 0.833. The molecule has 54 valence electrons. The van der Waals surface area contributed by atoms with E-state index in [1.165, 1.54) is 18.9 Å². The Balaban J connectivity index is 2.83. The first-order valence-electron chi connectivity index (χ1n) is 3.51. The Labute approximate surface area is 58.9 Å². The molecule has 2 nitrogen and oxygen atoms in total. The van der Waals surface area contributed by atoms with Crippen molar-refractivity contribution in [3.8, 4) is 0 Å². The standard InChI is InChI=1S/C6H15NOSi/c1-3-4-5-9-7-6(2)8/h3-5,9H2,1-2H3,(H,7,8). The summed E-state index contributed by atoms with van der Waals surface area (Å²) < 4.78 is 0. The van der Waals surface area contributed by atoms with Gasteiger partial charge in [0, 0.05) is 6.92 Å². The summed E-state index contributed by atoms with van der Waals surface area (Å²) in [5.74, 6) is 0.137. The number of carbonyl (C=O) groups is 1. The molecule has 0 heterocycles. The molecular formula is C6H15NOSi. The summed E-state index contributed by atoms with van der Waals surface area (Å²) in [5.41, 5.74) is 0. The van der Waals surface area contributed by atoms with E-state index in [9.17, 15) is 4.79 Å². The van der Waals surface area contributed by atoms with Gasteiger partial charge in [0.15, 0.2) is 0 Å². The normalized spacial score (nSPS) is 10.4. The van der Waals surface area contributed by atoms with Crippen molar-refractivity contribution >= 4 is 15.6 Å². The van der Waals surface area contributed by atoms with Crippen LogP contribution in [-0.2, 0) is 4.79 Å². The van der Waals surface area contributed by atoms with Crippen molar-refractivity contribution in [1.29, 1.82) is 0 Å². The van der Waals surface area contributed by atoms with Crippen LogP contribution in [0.15, 0.2) is 0 Å². The molecule has 3 heteroatoms. The van der Waals surface area contributed by atoms with E-state index in [1.54, 1.807) is 6.92 Å². The first-order valence-corrected chi connectivity index (χ1v) is 5.22. The molecule has 0 aliphatic heterocycles. The van der Waals surface area contributed by atoms with E-state index in [2.05, 4.69) is 11.9 Å². The molecule has 0 bridgehead atoms. The van der Waals surface area contributed by atoms with Gasteiger partial charge in [-0.2, -0.15) is 0 Å². The molecule has 0 aromatic carbocycles. The molecular weight excluding hydrogens is 130 g/mol. The molecule has 0 aliphatic carbocycles. The van der Waals surface area contributed by atoms with Crippen molar-refractivity contribution in [2.24, 2.45) is 0 Å². The van der Waals surface area contributed by atoms with E-state index in [-0.39, 0.29) is 15.6 Å². The SMILES string of the molecule is CCCC[SiH2]NC(C)=O. The van der Waals surface area contributed by atoms with Gasteiger partial charge in [-0.25, -0.2) is 0 Å². The first kappa shape index (κ1) is 8.69. The van der Waals surface area contributed by atoms with Crippen molar-refractivity contribution in [3.05, 3.63) is 0 Å². The maximum absolute atomic E-state index is 10.3. The third-order valence-corrected chi connectivity index (χ3v) is 2.76. The molecule has 1 N–H and O–H groups in total. The lowest BCUT2D eigenvalue weighted by atomic mass is 10.4. The molecule has 0 saturated carbocycles. The fourth-order valence-corrected chi connectivity index (χ4v) is 1.92. The molecule has 0 unspecified atom stereocenters. The minimum atomic E-state index is -0.247. The van der Waals surface area contributed by atoms with Crippen molar-refractivity contribution in [2.75, 3.05) is 0 Å². The van der Waals surface area contributed by atoms with E-state index in [0.29, 0.717) is 0 Å². The quantitative estimate of drug-likeness (QED) is 0.451. The molecule has 0 aromatic rings. The van der Waals surface area contributed by atoms with Crippen LogP contribution in [-0.4, -0.2) is 15.6 Å². The Morgan fingerprint density at radius 1 is 1.67 bits per heavy atom. The topological polar surface area (TPSA) is 29.1 Å². The predicted molar refractivity (Wildman–Crippen MR) is 42.1 cm³/mol. The second-order valence-corrected chi connectivity index (χ2v) is 3.75. The van der Waals surface area contributed by atoms with Crippen LogP contribution in [0.3, 0.4) is 0 Å². The number of carbonyl (C=O) groups excluding carboxylic acids is 1. The second kappa shape index (κ2) is 5.82.